The van der Waals surface area contributed by atoms with Gasteiger partial charge in [-0.05, 0) is 23.6 Å². The van der Waals surface area contributed by atoms with Crippen molar-refractivity contribution in [2.45, 2.75) is 20.4 Å². The van der Waals surface area contributed by atoms with Crippen molar-refractivity contribution in [2.75, 3.05) is 20.7 Å². The van der Waals surface area contributed by atoms with Crippen LogP contribution in [-0.2, 0) is 6.54 Å². The lowest BCUT2D eigenvalue weighted by Crippen LogP contribution is -2.38. The number of urea groups is 1. The lowest BCUT2D eigenvalue weighted by atomic mass is 10.2. The third-order valence-corrected chi connectivity index (χ3v) is 2.56. The molecule has 0 atom stereocenters. The lowest BCUT2D eigenvalue weighted by molar-refractivity contribution is 0.205. The van der Waals surface area contributed by atoms with Gasteiger partial charge in [0.15, 0.2) is 0 Å². The van der Waals surface area contributed by atoms with E-state index < -0.39 is 0 Å². The topological polar surface area (TPSA) is 41.6 Å². The van der Waals surface area contributed by atoms with E-state index in [-0.39, 0.29) is 6.03 Å². The highest BCUT2D eigenvalue weighted by Gasteiger charge is 2.09. The number of carbonyl (C=O) groups excluding carboxylic acids is 1. The van der Waals surface area contributed by atoms with Crippen LogP contribution in [0.5, 0.6) is 5.75 Å². The maximum absolute atomic E-state index is 11.8. The predicted molar refractivity (Wildman–Crippen MR) is 72.7 cm³/mol. The molecule has 0 spiro atoms. The molecule has 0 aliphatic rings. The summed E-state index contributed by atoms with van der Waals surface area (Å²) in [4.78, 5) is 13.5. The lowest BCUT2D eigenvalue weighted by Gasteiger charge is -2.19. The molecule has 4 nitrogen and oxygen atoms in total. The summed E-state index contributed by atoms with van der Waals surface area (Å²) in [5.41, 5.74) is 1.05. The first kappa shape index (κ1) is 14.4. The van der Waals surface area contributed by atoms with Crippen molar-refractivity contribution < 1.29 is 9.53 Å². The van der Waals surface area contributed by atoms with E-state index >= 15 is 0 Å². The van der Waals surface area contributed by atoms with Gasteiger partial charge in [0.1, 0.15) is 5.75 Å². The van der Waals surface area contributed by atoms with Gasteiger partial charge in [0.05, 0.1) is 7.11 Å². The molecule has 18 heavy (non-hydrogen) atoms. The molecule has 0 unspecified atom stereocenters. The summed E-state index contributed by atoms with van der Waals surface area (Å²) in [5.74, 6) is 1.27. The Morgan fingerprint density at radius 2 is 2.17 bits per heavy atom. The second-order valence-electron chi connectivity index (χ2n) is 4.79. The summed E-state index contributed by atoms with van der Waals surface area (Å²) >= 11 is 0. The van der Waals surface area contributed by atoms with E-state index in [4.69, 9.17) is 4.74 Å². The van der Waals surface area contributed by atoms with Crippen molar-refractivity contribution in [2.24, 2.45) is 5.92 Å². The summed E-state index contributed by atoms with van der Waals surface area (Å²) in [6.45, 7) is 5.41. The van der Waals surface area contributed by atoms with Crippen molar-refractivity contribution in [3.05, 3.63) is 29.8 Å². The molecule has 1 rings (SSSR count). The normalized spacial score (nSPS) is 10.3. The molecule has 1 N–H and O–H groups in total. The number of ether oxygens (including phenoxy) is 1. The molecular formula is C14H22N2O2. The van der Waals surface area contributed by atoms with E-state index in [0.29, 0.717) is 19.0 Å². The van der Waals surface area contributed by atoms with Gasteiger partial charge in [-0.2, -0.15) is 0 Å². The van der Waals surface area contributed by atoms with Crippen molar-refractivity contribution in [3.8, 4) is 5.75 Å². The summed E-state index contributed by atoms with van der Waals surface area (Å²) in [6.07, 6.45) is 0. The van der Waals surface area contributed by atoms with E-state index in [1.165, 1.54) is 0 Å². The van der Waals surface area contributed by atoms with Crippen LogP contribution in [0.2, 0.25) is 0 Å². The summed E-state index contributed by atoms with van der Waals surface area (Å²) in [6, 6.07) is 7.68. The van der Waals surface area contributed by atoms with E-state index in [9.17, 15) is 4.79 Å². The maximum atomic E-state index is 11.8. The second kappa shape index (κ2) is 6.89. The Morgan fingerprint density at radius 3 is 2.78 bits per heavy atom. The number of nitrogens with one attached hydrogen (secondary N) is 1. The van der Waals surface area contributed by atoms with Crippen LogP contribution >= 0.6 is 0 Å². The van der Waals surface area contributed by atoms with Gasteiger partial charge in [0.25, 0.3) is 0 Å². The van der Waals surface area contributed by atoms with Crippen molar-refractivity contribution in [1.29, 1.82) is 0 Å². The highest BCUT2D eigenvalue weighted by atomic mass is 16.5. The third kappa shape index (κ3) is 4.65. The van der Waals surface area contributed by atoms with Crippen LogP contribution in [0.4, 0.5) is 4.79 Å². The van der Waals surface area contributed by atoms with E-state index in [1.54, 1.807) is 19.1 Å². The highest BCUT2D eigenvalue weighted by molar-refractivity contribution is 5.73. The Hall–Kier alpha value is -1.71. The third-order valence-electron chi connectivity index (χ3n) is 2.56. The van der Waals surface area contributed by atoms with E-state index in [0.717, 1.165) is 11.3 Å². The SMILES string of the molecule is COc1cccc(CN(C)C(=O)NCC(C)C)c1. The molecule has 100 valence electrons. The van der Waals surface area contributed by atoms with Gasteiger partial charge in [-0.25, -0.2) is 4.79 Å². The largest absolute Gasteiger partial charge is 0.497 e. The first-order valence-corrected chi connectivity index (χ1v) is 6.14. The number of methoxy groups -OCH3 is 1. The minimum atomic E-state index is -0.0495. The molecule has 0 saturated heterocycles. The number of carbonyl (C=O) groups is 1. The number of hydrogen-bond acceptors (Lipinski definition) is 2. The molecule has 0 radical (unpaired) electrons. The maximum Gasteiger partial charge on any atom is 0.317 e. The Morgan fingerprint density at radius 1 is 1.44 bits per heavy atom. The fraction of sp³-hybridized carbons (Fsp3) is 0.500. The highest BCUT2D eigenvalue weighted by Crippen LogP contribution is 2.13. The Balaban J connectivity index is 2.52. The number of amides is 2. The van der Waals surface area contributed by atoms with Gasteiger partial charge in [0, 0.05) is 20.1 Å². The molecule has 0 aromatic heterocycles. The Labute approximate surface area is 109 Å². The van der Waals surface area contributed by atoms with Gasteiger partial charge in [-0.1, -0.05) is 26.0 Å². The zero-order chi connectivity index (χ0) is 13.5. The first-order chi connectivity index (χ1) is 8.52. The number of hydrogen-bond donors (Lipinski definition) is 1. The Kier molecular flexibility index (Phi) is 5.49. The van der Waals surface area contributed by atoms with Gasteiger partial charge in [-0.15, -0.1) is 0 Å². The average Bonchev–Trinajstić information content (AvgIpc) is 2.36. The molecule has 0 bridgehead atoms. The van der Waals surface area contributed by atoms with Crippen LogP contribution in [0.25, 0.3) is 0 Å². The number of rotatable bonds is 5. The van der Waals surface area contributed by atoms with E-state index in [1.807, 2.05) is 24.3 Å². The smallest absolute Gasteiger partial charge is 0.317 e. The van der Waals surface area contributed by atoms with Gasteiger partial charge in [0.2, 0.25) is 0 Å². The molecule has 1 aromatic rings. The van der Waals surface area contributed by atoms with Crippen molar-refractivity contribution >= 4 is 6.03 Å². The van der Waals surface area contributed by atoms with Crippen molar-refractivity contribution in [3.63, 3.8) is 0 Å². The molecule has 0 aliphatic heterocycles. The molecule has 2 amide bonds. The average molecular weight is 250 g/mol. The fourth-order valence-electron chi connectivity index (χ4n) is 1.54. The minimum Gasteiger partial charge on any atom is -0.497 e. The zero-order valence-electron chi connectivity index (χ0n) is 11.6. The fourth-order valence-corrected chi connectivity index (χ4v) is 1.54. The predicted octanol–water partition coefficient (Wildman–Crippen LogP) is 2.49. The number of benzene rings is 1. The van der Waals surface area contributed by atoms with E-state index in [2.05, 4.69) is 19.2 Å². The van der Waals surface area contributed by atoms with Gasteiger partial charge >= 0.3 is 6.03 Å². The summed E-state index contributed by atoms with van der Waals surface area (Å²) in [7, 11) is 3.42. The summed E-state index contributed by atoms with van der Waals surface area (Å²) < 4.78 is 5.16. The molecular weight excluding hydrogens is 228 g/mol. The van der Waals surface area contributed by atoms with Gasteiger partial charge < -0.3 is 15.0 Å². The molecule has 0 saturated carbocycles. The van der Waals surface area contributed by atoms with Crippen LogP contribution in [0.15, 0.2) is 24.3 Å². The first-order valence-electron chi connectivity index (χ1n) is 6.14. The van der Waals surface area contributed by atoms with Crippen LogP contribution < -0.4 is 10.1 Å². The van der Waals surface area contributed by atoms with Crippen LogP contribution in [0, 0.1) is 5.92 Å². The minimum absolute atomic E-state index is 0.0495. The van der Waals surface area contributed by atoms with Crippen LogP contribution in [0.1, 0.15) is 19.4 Å². The zero-order valence-corrected chi connectivity index (χ0v) is 11.6. The molecule has 4 heteroatoms. The van der Waals surface area contributed by atoms with Gasteiger partial charge in [-0.3, -0.25) is 0 Å². The Bertz CT molecular complexity index is 391. The standard InChI is InChI=1S/C14H22N2O2/c1-11(2)9-15-14(17)16(3)10-12-6-5-7-13(8-12)18-4/h5-8,11H,9-10H2,1-4H3,(H,15,17). The molecule has 0 fully saturated rings. The quantitative estimate of drug-likeness (QED) is 0.872. The van der Waals surface area contributed by atoms with Crippen LogP contribution in [0.3, 0.4) is 0 Å². The second-order valence-corrected chi connectivity index (χ2v) is 4.79. The summed E-state index contributed by atoms with van der Waals surface area (Å²) in [5, 5.41) is 2.89. The van der Waals surface area contributed by atoms with Crippen LogP contribution in [-0.4, -0.2) is 31.6 Å². The van der Waals surface area contributed by atoms with Crippen molar-refractivity contribution in [1.82, 2.24) is 10.2 Å². The molecule has 0 heterocycles. The monoisotopic (exact) mass is 250 g/mol. The molecule has 1 aromatic carbocycles. The number of nitrogens with zero attached hydrogens (tertiary/aromatic N) is 1. The molecule has 0 aliphatic carbocycles.